The van der Waals surface area contributed by atoms with Gasteiger partial charge in [-0.05, 0) is 39.3 Å². The second-order valence-corrected chi connectivity index (χ2v) is 4.75. The van der Waals surface area contributed by atoms with E-state index in [1.54, 1.807) is 13.2 Å². The predicted octanol–water partition coefficient (Wildman–Crippen LogP) is 1.42. The highest BCUT2D eigenvalue weighted by atomic mass is 16.3. The Hall–Kier alpha value is -1.98. The first-order chi connectivity index (χ1) is 9.52. The molecule has 0 fully saturated rings. The number of aryl methyl sites for hydroxylation is 1. The molecule has 0 spiro atoms. The van der Waals surface area contributed by atoms with Crippen LogP contribution in [0.4, 0.5) is 4.79 Å². The van der Waals surface area contributed by atoms with Gasteiger partial charge >= 0.3 is 6.03 Å². The molecule has 2 atom stereocenters. The van der Waals surface area contributed by atoms with Crippen molar-refractivity contribution in [2.24, 2.45) is 0 Å². The predicted molar refractivity (Wildman–Crippen MR) is 76.3 cm³/mol. The summed E-state index contributed by atoms with van der Waals surface area (Å²) in [4.78, 5) is 23.2. The van der Waals surface area contributed by atoms with Gasteiger partial charge in [-0.15, -0.1) is 0 Å². The molecule has 0 bridgehead atoms. The molecule has 1 aromatic heterocycles. The van der Waals surface area contributed by atoms with Gasteiger partial charge in [0.15, 0.2) is 0 Å². The molecule has 0 saturated heterocycles. The third-order valence-corrected chi connectivity index (χ3v) is 2.87. The second-order valence-electron chi connectivity index (χ2n) is 4.75. The molecule has 6 nitrogen and oxygen atoms in total. The number of nitrogens with one attached hydrogen (secondary N) is 3. The summed E-state index contributed by atoms with van der Waals surface area (Å²) >= 11 is 0. The van der Waals surface area contributed by atoms with Crippen LogP contribution in [0.15, 0.2) is 22.8 Å². The van der Waals surface area contributed by atoms with Crippen LogP contribution in [0.2, 0.25) is 0 Å². The third-order valence-electron chi connectivity index (χ3n) is 2.87. The molecule has 0 unspecified atom stereocenters. The quantitative estimate of drug-likeness (QED) is 0.707. The fourth-order valence-corrected chi connectivity index (χ4v) is 1.74. The third kappa shape index (κ3) is 5.77. The van der Waals surface area contributed by atoms with Gasteiger partial charge in [-0.3, -0.25) is 4.79 Å². The van der Waals surface area contributed by atoms with E-state index in [2.05, 4.69) is 16.0 Å². The molecular weight excluding hydrogens is 258 g/mol. The molecule has 0 saturated carbocycles. The lowest BCUT2D eigenvalue weighted by molar-refractivity contribution is -0.122. The van der Waals surface area contributed by atoms with Gasteiger partial charge in [0.1, 0.15) is 11.8 Å². The van der Waals surface area contributed by atoms with E-state index in [1.165, 1.54) is 0 Å². The smallest absolute Gasteiger partial charge is 0.315 e. The van der Waals surface area contributed by atoms with Crippen molar-refractivity contribution in [3.8, 4) is 0 Å². The Morgan fingerprint density at radius 2 is 2.05 bits per heavy atom. The lowest BCUT2D eigenvalue weighted by Crippen LogP contribution is -2.50. The number of carbonyl (C=O) groups is 2. The van der Waals surface area contributed by atoms with Gasteiger partial charge in [-0.25, -0.2) is 4.79 Å². The molecule has 0 aliphatic rings. The lowest BCUT2D eigenvalue weighted by atomic mass is 10.1. The first-order valence-electron chi connectivity index (χ1n) is 6.90. The van der Waals surface area contributed by atoms with E-state index in [4.69, 9.17) is 4.42 Å². The van der Waals surface area contributed by atoms with Crippen molar-refractivity contribution >= 4 is 11.9 Å². The van der Waals surface area contributed by atoms with Crippen LogP contribution in [-0.4, -0.2) is 30.6 Å². The largest absolute Gasteiger partial charge is 0.469 e. The van der Waals surface area contributed by atoms with Crippen molar-refractivity contribution in [2.75, 3.05) is 6.54 Å². The topological polar surface area (TPSA) is 83.4 Å². The molecule has 0 aliphatic carbocycles. The van der Waals surface area contributed by atoms with Gasteiger partial charge < -0.3 is 20.4 Å². The number of hydrogen-bond donors (Lipinski definition) is 3. The van der Waals surface area contributed by atoms with Gasteiger partial charge in [0, 0.05) is 19.0 Å². The summed E-state index contributed by atoms with van der Waals surface area (Å²) < 4.78 is 5.23. The summed E-state index contributed by atoms with van der Waals surface area (Å²) in [6, 6.07) is 2.86. The SMILES string of the molecule is CCNC(=O)[C@@H](C)NC(=O)N[C@@H](C)CCc1ccco1. The Bertz CT molecular complexity index is 417. The van der Waals surface area contributed by atoms with Crippen molar-refractivity contribution in [3.63, 3.8) is 0 Å². The van der Waals surface area contributed by atoms with Gasteiger partial charge in [-0.1, -0.05) is 0 Å². The molecule has 3 amide bonds. The van der Waals surface area contributed by atoms with Gasteiger partial charge in [-0.2, -0.15) is 0 Å². The van der Waals surface area contributed by atoms with E-state index in [1.807, 2.05) is 26.0 Å². The van der Waals surface area contributed by atoms with Crippen LogP contribution in [-0.2, 0) is 11.2 Å². The minimum absolute atomic E-state index is 0.00142. The number of furan rings is 1. The summed E-state index contributed by atoms with van der Waals surface area (Å²) in [5.41, 5.74) is 0. The highest BCUT2D eigenvalue weighted by Gasteiger charge is 2.15. The van der Waals surface area contributed by atoms with Crippen LogP contribution >= 0.6 is 0 Å². The maximum atomic E-state index is 11.7. The Kier molecular flexibility index (Phi) is 6.63. The molecule has 20 heavy (non-hydrogen) atoms. The normalized spacial score (nSPS) is 13.3. The first-order valence-corrected chi connectivity index (χ1v) is 6.90. The zero-order valence-corrected chi connectivity index (χ0v) is 12.2. The number of amides is 3. The van der Waals surface area contributed by atoms with E-state index in [9.17, 15) is 9.59 Å². The minimum atomic E-state index is -0.549. The van der Waals surface area contributed by atoms with Crippen LogP contribution in [0.5, 0.6) is 0 Å². The lowest BCUT2D eigenvalue weighted by Gasteiger charge is -2.17. The van der Waals surface area contributed by atoms with Crippen molar-refractivity contribution in [2.45, 2.75) is 45.7 Å². The van der Waals surface area contributed by atoms with Crippen molar-refractivity contribution < 1.29 is 14.0 Å². The summed E-state index contributed by atoms with van der Waals surface area (Å²) in [5, 5.41) is 8.06. The maximum Gasteiger partial charge on any atom is 0.315 e. The summed E-state index contributed by atoms with van der Waals surface area (Å²) in [7, 11) is 0. The molecule has 1 heterocycles. The molecule has 0 aromatic carbocycles. The molecule has 1 aromatic rings. The zero-order valence-electron chi connectivity index (χ0n) is 12.2. The first kappa shape index (κ1) is 16.1. The fraction of sp³-hybridized carbons (Fsp3) is 0.571. The molecular formula is C14H23N3O3. The van der Waals surface area contributed by atoms with Crippen LogP contribution < -0.4 is 16.0 Å². The minimum Gasteiger partial charge on any atom is -0.469 e. The van der Waals surface area contributed by atoms with E-state index >= 15 is 0 Å². The average Bonchev–Trinajstić information content (AvgIpc) is 2.89. The number of likely N-dealkylation sites (N-methyl/N-ethyl adjacent to an activating group) is 1. The number of carbonyl (C=O) groups excluding carboxylic acids is 2. The monoisotopic (exact) mass is 281 g/mol. The maximum absolute atomic E-state index is 11.7. The summed E-state index contributed by atoms with van der Waals surface area (Å²) in [6.07, 6.45) is 3.17. The van der Waals surface area contributed by atoms with Crippen molar-refractivity contribution in [3.05, 3.63) is 24.2 Å². The summed E-state index contributed by atoms with van der Waals surface area (Å²) in [5.74, 6) is 0.709. The highest BCUT2D eigenvalue weighted by molar-refractivity contribution is 5.86. The van der Waals surface area contributed by atoms with Crippen LogP contribution in [0.3, 0.4) is 0 Å². The van der Waals surface area contributed by atoms with Crippen molar-refractivity contribution in [1.82, 2.24) is 16.0 Å². The van der Waals surface area contributed by atoms with Crippen LogP contribution in [0.1, 0.15) is 33.0 Å². The molecule has 112 valence electrons. The fourth-order valence-electron chi connectivity index (χ4n) is 1.74. The van der Waals surface area contributed by atoms with E-state index in [-0.39, 0.29) is 18.0 Å². The Labute approximate surface area is 119 Å². The van der Waals surface area contributed by atoms with Crippen LogP contribution in [0, 0.1) is 0 Å². The number of urea groups is 1. The highest BCUT2D eigenvalue weighted by Crippen LogP contribution is 2.05. The summed E-state index contributed by atoms with van der Waals surface area (Å²) in [6.45, 7) is 5.95. The number of rotatable bonds is 7. The van der Waals surface area contributed by atoms with Crippen molar-refractivity contribution in [1.29, 1.82) is 0 Å². The molecule has 3 N–H and O–H groups in total. The van der Waals surface area contributed by atoms with Gasteiger partial charge in [0.2, 0.25) is 5.91 Å². The standard InChI is InChI=1S/C14H23N3O3/c1-4-15-13(18)11(3)17-14(19)16-10(2)7-8-12-6-5-9-20-12/h5-6,9-11H,4,7-8H2,1-3H3,(H,15,18)(H2,16,17,19)/t10-,11+/m0/s1. The van der Waals surface area contributed by atoms with Gasteiger partial charge in [0.25, 0.3) is 0 Å². The van der Waals surface area contributed by atoms with E-state index in [0.717, 1.165) is 18.6 Å². The number of hydrogen-bond acceptors (Lipinski definition) is 3. The van der Waals surface area contributed by atoms with E-state index < -0.39 is 6.04 Å². The molecule has 0 aliphatic heterocycles. The Morgan fingerprint density at radius 3 is 2.65 bits per heavy atom. The Morgan fingerprint density at radius 1 is 1.30 bits per heavy atom. The average molecular weight is 281 g/mol. The Balaban J connectivity index is 2.25. The second kappa shape index (κ2) is 8.24. The zero-order chi connectivity index (χ0) is 15.0. The molecule has 0 radical (unpaired) electrons. The van der Waals surface area contributed by atoms with Gasteiger partial charge in [0.05, 0.1) is 6.26 Å². The van der Waals surface area contributed by atoms with Crippen LogP contribution in [0.25, 0.3) is 0 Å². The van der Waals surface area contributed by atoms with E-state index in [0.29, 0.717) is 6.54 Å². The molecule has 1 rings (SSSR count). The molecule has 6 heteroatoms.